The molecular formula is C19H35IN6O3. The number of aliphatic imine (C=N–C) groups is 1. The fourth-order valence-corrected chi connectivity index (χ4v) is 3.60. The molecule has 3 heterocycles. The van der Waals surface area contributed by atoms with Gasteiger partial charge in [-0.3, -0.25) is 4.99 Å². The van der Waals surface area contributed by atoms with Crippen molar-refractivity contribution in [3.63, 3.8) is 0 Å². The Morgan fingerprint density at radius 2 is 2.14 bits per heavy atom. The van der Waals surface area contributed by atoms with Gasteiger partial charge in [0.1, 0.15) is 12.4 Å². The molecule has 1 saturated heterocycles. The molecule has 1 atom stereocenters. The molecule has 2 aliphatic rings. The molecule has 10 heteroatoms. The predicted octanol–water partition coefficient (Wildman–Crippen LogP) is 1.36. The summed E-state index contributed by atoms with van der Waals surface area (Å²) in [7, 11) is 3.47. The largest absolute Gasteiger partial charge is 0.381 e. The molecular weight excluding hydrogens is 487 g/mol. The minimum atomic E-state index is 0. The van der Waals surface area contributed by atoms with E-state index in [0.29, 0.717) is 18.6 Å². The van der Waals surface area contributed by atoms with Gasteiger partial charge in [0.2, 0.25) is 0 Å². The first-order valence-electron chi connectivity index (χ1n) is 10.3. The smallest absolute Gasteiger partial charge is 0.191 e. The normalized spacial score (nSPS) is 20.1. The van der Waals surface area contributed by atoms with Gasteiger partial charge in [0.05, 0.1) is 6.54 Å². The number of rotatable bonds is 9. The summed E-state index contributed by atoms with van der Waals surface area (Å²) in [6.07, 6.45) is 5.13. The van der Waals surface area contributed by atoms with E-state index in [0.717, 1.165) is 89.2 Å². The van der Waals surface area contributed by atoms with Crippen molar-refractivity contribution in [2.75, 3.05) is 47.1 Å². The molecule has 0 aliphatic carbocycles. The van der Waals surface area contributed by atoms with Gasteiger partial charge >= 0.3 is 0 Å². The summed E-state index contributed by atoms with van der Waals surface area (Å²) in [5.74, 6) is 3.28. The minimum Gasteiger partial charge on any atom is -0.381 e. The predicted molar refractivity (Wildman–Crippen MR) is 122 cm³/mol. The highest BCUT2D eigenvalue weighted by Gasteiger charge is 2.22. The second-order valence-electron chi connectivity index (χ2n) is 7.42. The second-order valence-corrected chi connectivity index (χ2v) is 7.42. The second kappa shape index (κ2) is 13.3. The maximum Gasteiger partial charge on any atom is 0.191 e. The third kappa shape index (κ3) is 7.99. The van der Waals surface area contributed by atoms with Crippen molar-refractivity contribution in [1.29, 1.82) is 0 Å². The molecule has 1 unspecified atom stereocenters. The van der Waals surface area contributed by atoms with Crippen LogP contribution in [0.1, 0.15) is 37.3 Å². The average molecular weight is 522 g/mol. The van der Waals surface area contributed by atoms with Gasteiger partial charge in [-0.05, 0) is 31.6 Å². The van der Waals surface area contributed by atoms with Crippen LogP contribution in [-0.2, 0) is 33.8 Å². The summed E-state index contributed by atoms with van der Waals surface area (Å²) < 4.78 is 18.3. The Labute approximate surface area is 190 Å². The molecule has 166 valence electrons. The monoisotopic (exact) mass is 522 g/mol. The molecule has 29 heavy (non-hydrogen) atoms. The number of guanidine groups is 1. The Hall–Kier alpha value is -0.980. The Bertz CT molecular complexity index is 621. The number of aryl methyl sites for hydroxylation is 1. The molecule has 0 bridgehead atoms. The van der Waals surface area contributed by atoms with Crippen molar-refractivity contribution < 1.29 is 14.2 Å². The van der Waals surface area contributed by atoms with Gasteiger partial charge in [0.25, 0.3) is 0 Å². The van der Waals surface area contributed by atoms with Crippen LogP contribution in [-0.4, -0.2) is 73.9 Å². The van der Waals surface area contributed by atoms with Gasteiger partial charge in [-0.2, -0.15) is 5.10 Å². The molecule has 0 aromatic carbocycles. The number of hydrogen-bond acceptors (Lipinski definition) is 6. The summed E-state index contributed by atoms with van der Waals surface area (Å²) in [5, 5.41) is 11.4. The van der Waals surface area contributed by atoms with Crippen molar-refractivity contribution in [3.8, 4) is 0 Å². The zero-order valence-corrected chi connectivity index (χ0v) is 19.9. The molecule has 1 aromatic heterocycles. The van der Waals surface area contributed by atoms with Crippen LogP contribution < -0.4 is 10.6 Å². The Morgan fingerprint density at radius 3 is 2.90 bits per heavy atom. The van der Waals surface area contributed by atoms with E-state index in [4.69, 9.17) is 14.2 Å². The van der Waals surface area contributed by atoms with E-state index in [1.807, 2.05) is 4.68 Å². The molecule has 2 aliphatic heterocycles. The van der Waals surface area contributed by atoms with Crippen LogP contribution in [0.4, 0.5) is 0 Å². The highest BCUT2D eigenvalue weighted by Crippen LogP contribution is 2.15. The van der Waals surface area contributed by atoms with E-state index in [-0.39, 0.29) is 24.0 Å². The standard InChI is InChI=1S/C19H34N6O3.HI/c1-20-19(21-8-3-9-28-13-15-6-10-27-11-7-15)22-16-4-5-18-23-17(14-26-2)24-25(18)12-16;/h15-16H,3-14H2,1-2H3,(H2,20,21,22);1H. The van der Waals surface area contributed by atoms with Crippen LogP contribution in [0.5, 0.6) is 0 Å². The summed E-state index contributed by atoms with van der Waals surface area (Å²) in [6, 6.07) is 0.292. The van der Waals surface area contributed by atoms with Crippen molar-refractivity contribution in [3.05, 3.63) is 11.6 Å². The fourth-order valence-electron chi connectivity index (χ4n) is 3.60. The van der Waals surface area contributed by atoms with Gasteiger partial charge in [-0.15, -0.1) is 24.0 Å². The highest BCUT2D eigenvalue weighted by molar-refractivity contribution is 14.0. The Balaban J connectivity index is 0.00000300. The van der Waals surface area contributed by atoms with Crippen LogP contribution in [0.3, 0.4) is 0 Å². The van der Waals surface area contributed by atoms with Crippen LogP contribution in [0.25, 0.3) is 0 Å². The third-order valence-electron chi connectivity index (χ3n) is 5.19. The first-order chi connectivity index (χ1) is 13.8. The third-order valence-corrected chi connectivity index (χ3v) is 5.19. The first-order valence-corrected chi connectivity index (χ1v) is 10.3. The van der Waals surface area contributed by atoms with Gasteiger partial charge in [0, 0.05) is 59.6 Å². The zero-order chi connectivity index (χ0) is 19.6. The zero-order valence-electron chi connectivity index (χ0n) is 17.6. The van der Waals surface area contributed by atoms with E-state index >= 15 is 0 Å². The SMILES string of the molecule is CN=C(NCCCOCC1CCOCC1)NC1CCc2nc(COC)nn2C1.I. The number of methoxy groups -OCH3 is 1. The van der Waals surface area contributed by atoms with Crippen molar-refractivity contribution in [2.45, 2.75) is 51.3 Å². The summed E-state index contributed by atoms with van der Waals surface area (Å²) in [6.45, 7) is 5.47. The van der Waals surface area contributed by atoms with Gasteiger partial charge in [0.15, 0.2) is 11.8 Å². The number of aromatic nitrogens is 3. The van der Waals surface area contributed by atoms with Crippen molar-refractivity contribution in [1.82, 2.24) is 25.4 Å². The summed E-state index contributed by atoms with van der Waals surface area (Å²) in [4.78, 5) is 8.86. The van der Waals surface area contributed by atoms with Gasteiger partial charge in [-0.25, -0.2) is 9.67 Å². The number of halogens is 1. The van der Waals surface area contributed by atoms with E-state index in [1.165, 1.54) is 0 Å². The van der Waals surface area contributed by atoms with E-state index in [2.05, 4.69) is 25.7 Å². The summed E-state index contributed by atoms with van der Waals surface area (Å²) >= 11 is 0. The summed E-state index contributed by atoms with van der Waals surface area (Å²) in [5.41, 5.74) is 0. The van der Waals surface area contributed by atoms with Crippen LogP contribution in [0.2, 0.25) is 0 Å². The molecule has 0 radical (unpaired) electrons. The van der Waals surface area contributed by atoms with E-state index in [1.54, 1.807) is 14.2 Å². The van der Waals surface area contributed by atoms with Crippen LogP contribution >= 0.6 is 24.0 Å². The average Bonchev–Trinajstić information content (AvgIpc) is 3.12. The molecule has 0 spiro atoms. The van der Waals surface area contributed by atoms with Crippen LogP contribution in [0.15, 0.2) is 4.99 Å². The molecule has 0 saturated carbocycles. The molecule has 1 fully saturated rings. The quantitative estimate of drug-likeness (QED) is 0.219. The molecule has 1 aromatic rings. The Morgan fingerprint density at radius 1 is 1.31 bits per heavy atom. The molecule has 9 nitrogen and oxygen atoms in total. The molecule has 0 amide bonds. The number of fused-ring (bicyclic) bond motifs is 1. The topological polar surface area (TPSA) is 94.8 Å². The molecule has 3 rings (SSSR count). The van der Waals surface area contributed by atoms with Gasteiger partial charge in [-0.1, -0.05) is 0 Å². The van der Waals surface area contributed by atoms with E-state index < -0.39 is 0 Å². The maximum absolute atomic E-state index is 5.82. The first kappa shape index (κ1) is 24.3. The fraction of sp³-hybridized carbons (Fsp3) is 0.842. The highest BCUT2D eigenvalue weighted by atomic mass is 127. The number of nitrogens with zero attached hydrogens (tertiary/aromatic N) is 4. The lowest BCUT2D eigenvalue weighted by Gasteiger charge is -2.25. The molecule has 2 N–H and O–H groups in total. The van der Waals surface area contributed by atoms with E-state index in [9.17, 15) is 0 Å². The number of hydrogen-bond donors (Lipinski definition) is 2. The van der Waals surface area contributed by atoms with Gasteiger partial charge < -0.3 is 24.8 Å². The lowest BCUT2D eigenvalue weighted by atomic mass is 10.0. The Kier molecular flexibility index (Phi) is 11.2. The number of nitrogens with one attached hydrogen (secondary N) is 2. The van der Waals surface area contributed by atoms with Crippen LogP contribution in [0, 0.1) is 5.92 Å². The number of ether oxygens (including phenoxy) is 3. The lowest BCUT2D eigenvalue weighted by Crippen LogP contribution is -2.47. The lowest BCUT2D eigenvalue weighted by molar-refractivity contribution is 0.0203. The van der Waals surface area contributed by atoms with Crippen molar-refractivity contribution >= 4 is 29.9 Å². The maximum atomic E-state index is 5.82. The minimum absolute atomic E-state index is 0. The van der Waals surface area contributed by atoms with Crippen molar-refractivity contribution in [2.24, 2.45) is 10.9 Å².